The summed E-state index contributed by atoms with van der Waals surface area (Å²) in [6.45, 7) is 0. The van der Waals surface area contributed by atoms with Gasteiger partial charge in [-0.3, -0.25) is 0 Å². The molecule has 1 rings (SSSR count). The van der Waals surface area contributed by atoms with Crippen LogP contribution in [0.3, 0.4) is 0 Å². The zero-order chi connectivity index (χ0) is 11.6. The van der Waals surface area contributed by atoms with Crippen LogP contribution in [0, 0.1) is 11.3 Å². The molecule has 0 atom stereocenters. The SMILES string of the molecule is COc1cc(S)c(C#N)c(S(=O)(=O)Cl)c1. The summed E-state index contributed by atoms with van der Waals surface area (Å²) in [7, 11) is 2.57. The van der Waals surface area contributed by atoms with Gasteiger partial charge in [-0.1, -0.05) is 0 Å². The Kier molecular flexibility index (Phi) is 3.50. The van der Waals surface area contributed by atoms with Crippen LogP contribution in [0.15, 0.2) is 21.9 Å². The zero-order valence-electron chi connectivity index (χ0n) is 7.56. The molecule has 0 aromatic heterocycles. The molecule has 80 valence electrons. The molecule has 0 saturated carbocycles. The molecular formula is C8H6ClNO3S2. The second kappa shape index (κ2) is 4.31. The maximum absolute atomic E-state index is 11.2. The van der Waals surface area contributed by atoms with Gasteiger partial charge in [0.25, 0.3) is 9.05 Å². The van der Waals surface area contributed by atoms with Crippen molar-refractivity contribution >= 4 is 32.4 Å². The first-order chi connectivity index (χ1) is 6.90. The lowest BCUT2D eigenvalue weighted by atomic mass is 10.2. The van der Waals surface area contributed by atoms with E-state index in [4.69, 9.17) is 20.7 Å². The lowest BCUT2D eigenvalue weighted by Crippen LogP contribution is -1.98. The van der Waals surface area contributed by atoms with Gasteiger partial charge >= 0.3 is 0 Å². The van der Waals surface area contributed by atoms with Crippen molar-refractivity contribution in [3.8, 4) is 11.8 Å². The minimum atomic E-state index is -3.98. The molecule has 1 aromatic carbocycles. The van der Waals surface area contributed by atoms with Gasteiger partial charge in [-0.25, -0.2) is 8.42 Å². The van der Waals surface area contributed by atoms with E-state index in [0.717, 1.165) is 0 Å². The van der Waals surface area contributed by atoms with Crippen LogP contribution in [0.25, 0.3) is 0 Å². The summed E-state index contributed by atoms with van der Waals surface area (Å²) in [5, 5.41) is 8.76. The van der Waals surface area contributed by atoms with E-state index in [2.05, 4.69) is 12.6 Å². The van der Waals surface area contributed by atoms with Gasteiger partial charge in [0.05, 0.1) is 12.7 Å². The second-order valence-corrected chi connectivity index (χ2v) is 5.59. The zero-order valence-corrected chi connectivity index (χ0v) is 10.0. The molecular weight excluding hydrogens is 258 g/mol. The summed E-state index contributed by atoms with van der Waals surface area (Å²) in [5.74, 6) is 0.276. The molecule has 0 aliphatic rings. The standard InChI is InChI=1S/C8H6ClNO3S2/c1-13-5-2-7(14)6(4-10)8(3-5)15(9,11)12/h2-3,14H,1H3. The maximum atomic E-state index is 11.2. The van der Waals surface area contributed by atoms with Crippen LogP contribution >= 0.6 is 23.3 Å². The number of halogens is 1. The fourth-order valence-electron chi connectivity index (χ4n) is 0.999. The van der Waals surface area contributed by atoms with Crippen LogP contribution in [-0.2, 0) is 9.05 Å². The molecule has 7 heteroatoms. The molecule has 0 radical (unpaired) electrons. The smallest absolute Gasteiger partial charge is 0.262 e. The third-order valence-electron chi connectivity index (χ3n) is 1.67. The normalized spacial score (nSPS) is 10.8. The highest BCUT2D eigenvalue weighted by atomic mass is 35.7. The number of hydrogen-bond donors (Lipinski definition) is 1. The fraction of sp³-hybridized carbons (Fsp3) is 0.125. The van der Waals surface area contributed by atoms with Gasteiger partial charge in [0, 0.05) is 21.6 Å². The number of ether oxygens (including phenoxy) is 1. The van der Waals surface area contributed by atoms with Gasteiger partial charge in [0.15, 0.2) is 0 Å². The van der Waals surface area contributed by atoms with E-state index in [1.54, 1.807) is 6.07 Å². The van der Waals surface area contributed by atoms with Gasteiger partial charge in [-0.15, -0.1) is 12.6 Å². The topological polar surface area (TPSA) is 67.2 Å². The minimum absolute atomic E-state index is 0.0888. The number of thiol groups is 1. The Morgan fingerprint density at radius 1 is 1.53 bits per heavy atom. The number of methoxy groups -OCH3 is 1. The average molecular weight is 264 g/mol. The molecule has 0 bridgehead atoms. The van der Waals surface area contributed by atoms with Gasteiger partial charge in [-0.2, -0.15) is 5.26 Å². The van der Waals surface area contributed by atoms with Crippen LogP contribution in [-0.4, -0.2) is 15.5 Å². The van der Waals surface area contributed by atoms with Gasteiger partial charge in [0.1, 0.15) is 16.7 Å². The minimum Gasteiger partial charge on any atom is -0.497 e. The van der Waals surface area contributed by atoms with E-state index < -0.39 is 9.05 Å². The molecule has 1 aromatic rings. The summed E-state index contributed by atoms with van der Waals surface area (Å²) in [6.07, 6.45) is 0. The predicted molar refractivity (Wildman–Crippen MR) is 58.0 cm³/mol. The summed E-state index contributed by atoms with van der Waals surface area (Å²) < 4.78 is 27.2. The first kappa shape index (κ1) is 12.2. The summed E-state index contributed by atoms with van der Waals surface area (Å²) >= 11 is 3.98. The number of nitriles is 1. The van der Waals surface area contributed by atoms with E-state index in [1.165, 1.54) is 19.2 Å². The molecule has 0 unspecified atom stereocenters. The summed E-state index contributed by atoms with van der Waals surface area (Å²) in [4.78, 5) is -0.0907. The van der Waals surface area contributed by atoms with Crippen molar-refractivity contribution in [2.45, 2.75) is 9.79 Å². The van der Waals surface area contributed by atoms with Crippen molar-refractivity contribution in [3.63, 3.8) is 0 Å². The number of rotatable bonds is 2. The Bertz CT molecular complexity index is 534. The van der Waals surface area contributed by atoms with Crippen LogP contribution in [0.2, 0.25) is 0 Å². The van der Waals surface area contributed by atoms with Crippen molar-refractivity contribution in [1.82, 2.24) is 0 Å². The third kappa shape index (κ3) is 2.56. The van der Waals surface area contributed by atoms with Crippen LogP contribution in [0.5, 0.6) is 5.75 Å². The van der Waals surface area contributed by atoms with E-state index >= 15 is 0 Å². The lowest BCUT2D eigenvalue weighted by molar-refractivity contribution is 0.412. The molecule has 0 aliphatic heterocycles. The Labute approximate surface area is 97.3 Å². The molecule has 0 aliphatic carbocycles. The van der Waals surface area contributed by atoms with Gasteiger partial charge in [0.2, 0.25) is 0 Å². The fourth-order valence-corrected chi connectivity index (χ4v) is 2.39. The molecule has 0 fully saturated rings. The Morgan fingerprint density at radius 3 is 2.53 bits per heavy atom. The average Bonchev–Trinajstić information content (AvgIpc) is 2.15. The maximum Gasteiger partial charge on any atom is 0.262 e. The van der Waals surface area contributed by atoms with Crippen molar-refractivity contribution in [1.29, 1.82) is 5.26 Å². The molecule has 4 nitrogen and oxygen atoms in total. The first-order valence-corrected chi connectivity index (χ1v) is 6.41. The highest BCUT2D eigenvalue weighted by Gasteiger charge is 2.19. The molecule has 15 heavy (non-hydrogen) atoms. The van der Waals surface area contributed by atoms with Crippen LogP contribution < -0.4 is 4.74 Å². The number of nitrogens with zero attached hydrogens (tertiary/aromatic N) is 1. The number of benzene rings is 1. The monoisotopic (exact) mass is 263 g/mol. The largest absolute Gasteiger partial charge is 0.497 e. The van der Waals surface area contributed by atoms with Crippen molar-refractivity contribution in [2.75, 3.05) is 7.11 Å². The Hall–Kier alpha value is -0.900. The van der Waals surface area contributed by atoms with Crippen molar-refractivity contribution in [2.24, 2.45) is 0 Å². The van der Waals surface area contributed by atoms with Crippen molar-refractivity contribution in [3.05, 3.63) is 17.7 Å². The van der Waals surface area contributed by atoms with Crippen LogP contribution in [0.4, 0.5) is 0 Å². The highest BCUT2D eigenvalue weighted by molar-refractivity contribution is 8.13. The molecule has 0 N–H and O–H groups in total. The lowest BCUT2D eigenvalue weighted by Gasteiger charge is -2.06. The Balaban J connectivity index is 3.63. The molecule has 0 heterocycles. The second-order valence-electron chi connectivity index (χ2n) is 2.57. The van der Waals surface area contributed by atoms with Gasteiger partial charge < -0.3 is 4.74 Å². The Morgan fingerprint density at radius 2 is 2.13 bits per heavy atom. The molecule has 0 amide bonds. The molecule has 0 saturated heterocycles. The number of hydrogen-bond acceptors (Lipinski definition) is 5. The van der Waals surface area contributed by atoms with Crippen molar-refractivity contribution < 1.29 is 13.2 Å². The van der Waals surface area contributed by atoms with Gasteiger partial charge in [-0.05, 0) is 6.07 Å². The third-order valence-corrected chi connectivity index (χ3v) is 3.36. The summed E-state index contributed by atoms with van der Waals surface area (Å²) in [5.41, 5.74) is -0.0888. The summed E-state index contributed by atoms with van der Waals surface area (Å²) in [6, 6.07) is 4.35. The van der Waals surface area contributed by atoms with Crippen LogP contribution in [0.1, 0.15) is 5.56 Å². The van der Waals surface area contributed by atoms with E-state index in [1.807, 2.05) is 0 Å². The predicted octanol–water partition coefficient (Wildman–Crippen LogP) is 1.78. The first-order valence-electron chi connectivity index (χ1n) is 3.66. The van der Waals surface area contributed by atoms with E-state index in [-0.39, 0.29) is 21.1 Å². The van der Waals surface area contributed by atoms with E-state index in [9.17, 15) is 8.42 Å². The highest BCUT2D eigenvalue weighted by Crippen LogP contribution is 2.29. The quantitative estimate of drug-likeness (QED) is 0.652. The van der Waals surface area contributed by atoms with E-state index in [0.29, 0.717) is 0 Å². The molecule has 0 spiro atoms.